The molecule has 3 aliphatic rings. The lowest BCUT2D eigenvalue weighted by Crippen LogP contribution is -2.29. The van der Waals surface area contributed by atoms with E-state index in [1.807, 2.05) is 30.3 Å². The highest BCUT2D eigenvalue weighted by molar-refractivity contribution is 5.85. The smallest absolute Gasteiger partial charge is 0.252 e. The Kier molecular flexibility index (Phi) is 5.09. The quantitative estimate of drug-likeness (QED) is 0.654. The summed E-state index contributed by atoms with van der Waals surface area (Å²) in [6.45, 7) is 0.617. The van der Waals surface area contributed by atoms with E-state index in [-0.39, 0.29) is 12.8 Å². The molecule has 2 aliphatic carbocycles. The summed E-state index contributed by atoms with van der Waals surface area (Å²) in [5.74, 6) is -2.34. The second-order valence-corrected chi connectivity index (χ2v) is 8.54. The number of hydrogen-bond donors (Lipinski definition) is 1. The summed E-state index contributed by atoms with van der Waals surface area (Å²) in [5, 5.41) is 8.21. The van der Waals surface area contributed by atoms with Crippen LogP contribution in [-0.2, 0) is 12.8 Å². The minimum atomic E-state index is -2.70. The number of aromatic nitrogens is 1. The topological polar surface area (TPSA) is 49.6 Å². The lowest BCUT2D eigenvalue weighted by molar-refractivity contribution is -0.0126. The summed E-state index contributed by atoms with van der Waals surface area (Å²) in [6, 6.07) is 9.93. The lowest BCUT2D eigenvalue weighted by atomic mass is 9.81. The van der Waals surface area contributed by atoms with Crippen LogP contribution in [0, 0.1) is 0 Å². The van der Waals surface area contributed by atoms with Gasteiger partial charge in [0.1, 0.15) is 0 Å². The number of aryl methyl sites for hydroxylation is 1. The summed E-state index contributed by atoms with van der Waals surface area (Å²) in [7, 11) is 0. The van der Waals surface area contributed by atoms with Gasteiger partial charge in [0.25, 0.3) is 5.92 Å². The minimum absolute atomic E-state index is 0.125. The number of benzene rings is 1. The molecule has 0 amide bonds. The number of rotatable bonds is 3. The number of halogens is 2. The molecule has 1 aromatic carbocycles. The van der Waals surface area contributed by atoms with Crippen LogP contribution in [0.15, 0.2) is 46.7 Å². The van der Waals surface area contributed by atoms with Gasteiger partial charge in [-0.3, -0.25) is 10.4 Å². The Morgan fingerprint density at radius 2 is 1.83 bits per heavy atom. The van der Waals surface area contributed by atoms with E-state index in [1.54, 1.807) is 0 Å². The third-order valence-electron chi connectivity index (χ3n) is 6.47. The molecule has 2 heterocycles. The summed E-state index contributed by atoms with van der Waals surface area (Å²) in [5.41, 5.74) is 9.34. The summed E-state index contributed by atoms with van der Waals surface area (Å²) < 4.78 is 29.1. The number of nitrogens with one attached hydrogen (secondary N) is 1. The summed E-state index contributed by atoms with van der Waals surface area (Å²) in [4.78, 5) is 5.07. The van der Waals surface area contributed by atoms with Gasteiger partial charge in [-0.05, 0) is 42.4 Å². The van der Waals surface area contributed by atoms with Gasteiger partial charge in [0.2, 0.25) is 0 Å². The van der Waals surface area contributed by atoms with Gasteiger partial charge >= 0.3 is 0 Å². The minimum Gasteiger partial charge on any atom is -0.260 e. The maximum atomic E-state index is 14.5. The van der Waals surface area contributed by atoms with E-state index in [1.165, 1.54) is 12.8 Å². The Labute approximate surface area is 175 Å². The van der Waals surface area contributed by atoms with Crippen LogP contribution in [0.25, 0.3) is 16.8 Å². The van der Waals surface area contributed by atoms with Crippen molar-refractivity contribution in [1.82, 2.24) is 10.4 Å². The van der Waals surface area contributed by atoms with Crippen molar-refractivity contribution in [2.24, 2.45) is 10.3 Å². The fraction of sp³-hybridized carbons (Fsp3) is 0.458. The zero-order valence-corrected chi connectivity index (χ0v) is 17.0. The van der Waals surface area contributed by atoms with Crippen molar-refractivity contribution in [3.05, 3.63) is 58.9 Å². The van der Waals surface area contributed by atoms with E-state index in [2.05, 4.69) is 21.8 Å². The predicted octanol–water partition coefficient (Wildman–Crippen LogP) is 6.23. The molecule has 30 heavy (non-hydrogen) atoms. The first-order chi connectivity index (χ1) is 14.6. The number of hydrogen-bond acceptors (Lipinski definition) is 4. The Morgan fingerprint density at radius 3 is 2.63 bits per heavy atom. The molecule has 2 aromatic rings. The Bertz CT molecular complexity index is 992. The molecule has 1 saturated carbocycles. The maximum absolute atomic E-state index is 14.5. The first-order valence-electron chi connectivity index (χ1n) is 10.9. The zero-order valence-electron chi connectivity index (χ0n) is 17.0. The molecule has 6 heteroatoms. The largest absolute Gasteiger partial charge is 0.260 e. The average Bonchev–Trinajstić information content (AvgIpc) is 3.15. The fourth-order valence-electron chi connectivity index (χ4n) is 5.04. The fourth-order valence-corrected chi connectivity index (χ4v) is 5.04. The van der Waals surface area contributed by atoms with Crippen LogP contribution in [0.4, 0.5) is 8.78 Å². The molecule has 0 saturated heterocycles. The average molecular weight is 408 g/mol. The molecule has 0 radical (unpaired) electrons. The van der Waals surface area contributed by atoms with Gasteiger partial charge in [-0.15, -0.1) is 0 Å². The van der Waals surface area contributed by atoms with Crippen molar-refractivity contribution in [1.29, 1.82) is 0 Å². The molecule has 0 bridgehead atoms. The summed E-state index contributed by atoms with van der Waals surface area (Å²) >= 11 is 0. The first kappa shape index (κ1) is 19.3. The maximum Gasteiger partial charge on any atom is 0.252 e. The highest BCUT2D eigenvalue weighted by atomic mass is 19.3. The van der Waals surface area contributed by atoms with Crippen LogP contribution in [0.5, 0.6) is 0 Å². The molecular weight excluding hydrogens is 382 g/mol. The lowest BCUT2D eigenvalue weighted by Gasteiger charge is -2.30. The van der Waals surface area contributed by atoms with Crippen molar-refractivity contribution in [3.63, 3.8) is 0 Å². The molecule has 156 valence electrons. The SMILES string of the molecule is FC1(F)CCc2nc(C3CCCC3)c(C3=CCCN=NN3)c(-c3ccccc3)c2C1. The molecule has 1 aromatic heterocycles. The van der Waals surface area contributed by atoms with Gasteiger partial charge in [-0.1, -0.05) is 54.5 Å². The van der Waals surface area contributed by atoms with Crippen LogP contribution in [0.2, 0.25) is 0 Å². The predicted molar refractivity (Wildman–Crippen MR) is 113 cm³/mol. The molecule has 5 rings (SSSR count). The van der Waals surface area contributed by atoms with Crippen LogP contribution >= 0.6 is 0 Å². The van der Waals surface area contributed by atoms with Crippen LogP contribution in [0.3, 0.4) is 0 Å². The van der Waals surface area contributed by atoms with Crippen molar-refractivity contribution in [3.8, 4) is 11.1 Å². The van der Waals surface area contributed by atoms with Crippen LogP contribution in [-0.4, -0.2) is 17.5 Å². The Hall–Kier alpha value is -2.63. The van der Waals surface area contributed by atoms with Gasteiger partial charge in [-0.25, -0.2) is 8.78 Å². The normalized spacial score (nSPS) is 20.9. The van der Waals surface area contributed by atoms with E-state index in [0.717, 1.165) is 53.0 Å². The number of pyridine rings is 1. The van der Waals surface area contributed by atoms with E-state index >= 15 is 0 Å². The molecule has 4 nitrogen and oxygen atoms in total. The number of alkyl halides is 2. The van der Waals surface area contributed by atoms with Crippen molar-refractivity contribution in [2.45, 2.75) is 63.2 Å². The number of nitrogens with zero attached hydrogens (tertiary/aromatic N) is 3. The molecule has 1 fully saturated rings. The molecule has 0 spiro atoms. The second-order valence-electron chi connectivity index (χ2n) is 8.54. The molecular formula is C24H26F2N4. The number of fused-ring (bicyclic) bond motifs is 1. The van der Waals surface area contributed by atoms with Gasteiger partial charge < -0.3 is 0 Å². The molecule has 0 unspecified atom stereocenters. The zero-order chi connectivity index (χ0) is 20.6. The van der Waals surface area contributed by atoms with Gasteiger partial charge in [0, 0.05) is 30.0 Å². The molecule has 1 aliphatic heterocycles. The highest BCUT2D eigenvalue weighted by Gasteiger charge is 2.39. The van der Waals surface area contributed by atoms with Crippen LogP contribution < -0.4 is 5.43 Å². The Morgan fingerprint density at radius 1 is 1.03 bits per heavy atom. The van der Waals surface area contributed by atoms with E-state index in [9.17, 15) is 8.78 Å². The Balaban J connectivity index is 1.80. The van der Waals surface area contributed by atoms with E-state index < -0.39 is 5.92 Å². The second kappa shape index (κ2) is 7.89. The van der Waals surface area contributed by atoms with Gasteiger partial charge in [-0.2, -0.15) is 5.11 Å². The third-order valence-corrected chi connectivity index (χ3v) is 6.47. The monoisotopic (exact) mass is 408 g/mol. The van der Waals surface area contributed by atoms with E-state index in [0.29, 0.717) is 24.4 Å². The molecule has 1 N–H and O–H groups in total. The van der Waals surface area contributed by atoms with Crippen molar-refractivity contribution < 1.29 is 8.78 Å². The van der Waals surface area contributed by atoms with Crippen molar-refractivity contribution >= 4 is 5.70 Å². The third kappa shape index (κ3) is 3.64. The van der Waals surface area contributed by atoms with Gasteiger partial charge in [0.05, 0.1) is 17.9 Å². The van der Waals surface area contributed by atoms with Crippen LogP contribution in [0.1, 0.15) is 67.0 Å². The standard InChI is InChI=1S/C24H26F2N4/c25-24(26)13-12-19-18(15-24)21(16-7-2-1-3-8-16)22(20-11-6-14-27-30-29-20)23(28-19)17-9-4-5-10-17/h1-3,7-8,11,17H,4-6,9-10,12-15H2,(H,27,29). The van der Waals surface area contributed by atoms with Gasteiger partial charge in [0.15, 0.2) is 0 Å². The highest BCUT2D eigenvalue weighted by Crippen LogP contribution is 2.46. The first-order valence-corrected chi connectivity index (χ1v) is 10.9. The summed E-state index contributed by atoms with van der Waals surface area (Å²) in [6.07, 6.45) is 7.37. The van der Waals surface area contributed by atoms with Crippen molar-refractivity contribution in [2.75, 3.05) is 6.54 Å². The molecule has 0 atom stereocenters. The van der Waals surface area contributed by atoms with E-state index in [4.69, 9.17) is 4.98 Å².